The number of aliphatic imine (C=N–C) groups is 1. The molecule has 0 radical (unpaired) electrons. The molecule has 0 aliphatic carbocycles. The van der Waals surface area contributed by atoms with Gasteiger partial charge in [0, 0.05) is 0 Å². The van der Waals surface area contributed by atoms with Gasteiger partial charge in [0.25, 0.3) is 0 Å². The maximum absolute atomic E-state index is 10.4. The standard InChI is InChI=1S/C3H5N3OS/c4-6-3-5-1-2(7)8-3/h1,4H2,(H,5,6). The Morgan fingerprint density at radius 3 is 2.88 bits per heavy atom. The van der Waals surface area contributed by atoms with Crippen LogP contribution in [0.1, 0.15) is 0 Å². The van der Waals surface area contributed by atoms with Crippen LogP contribution in [-0.4, -0.2) is 16.8 Å². The first-order valence-corrected chi connectivity index (χ1v) is 2.86. The molecule has 0 aromatic carbocycles. The van der Waals surface area contributed by atoms with Crippen molar-refractivity contribution in [1.29, 1.82) is 0 Å². The van der Waals surface area contributed by atoms with Crippen molar-refractivity contribution in [2.24, 2.45) is 10.8 Å². The second-order valence-corrected chi connectivity index (χ2v) is 2.29. The van der Waals surface area contributed by atoms with Crippen molar-refractivity contribution in [3.8, 4) is 0 Å². The van der Waals surface area contributed by atoms with Crippen LogP contribution in [0.2, 0.25) is 0 Å². The Hall–Kier alpha value is -0.550. The second kappa shape index (κ2) is 2.15. The lowest BCUT2D eigenvalue weighted by atomic mass is 10.8. The number of nitrogens with zero attached hydrogens (tertiary/aromatic N) is 1. The molecular weight excluding hydrogens is 126 g/mol. The van der Waals surface area contributed by atoms with Gasteiger partial charge in [-0.15, -0.1) is 0 Å². The summed E-state index contributed by atoms with van der Waals surface area (Å²) >= 11 is 1.04. The molecule has 3 N–H and O–H groups in total. The third-order valence-corrected chi connectivity index (χ3v) is 1.48. The van der Waals surface area contributed by atoms with Gasteiger partial charge in [0.05, 0.1) is 0 Å². The summed E-state index contributed by atoms with van der Waals surface area (Å²) in [5, 5.41) is 0.549. The van der Waals surface area contributed by atoms with Crippen molar-refractivity contribution in [1.82, 2.24) is 5.43 Å². The molecule has 0 saturated heterocycles. The minimum atomic E-state index is 0.0398. The van der Waals surface area contributed by atoms with E-state index in [0.29, 0.717) is 5.17 Å². The highest BCUT2D eigenvalue weighted by molar-refractivity contribution is 8.26. The molecule has 5 heteroatoms. The van der Waals surface area contributed by atoms with Crippen molar-refractivity contribution in [3.63, 3.8) is 0 Å². The van der Waals surface area contributed by atoms with Gasteiger partial charge < -0.3 is 5.43 Å². The summed E-state index contributed by atoms with van der Waals surface area (Å²) in [5.41, 5.74) is 2.29. The zero-order valence-electron chi connectivity index (χ0n) is 4.05. The van der Waals surface area contributed by atoms with Crippen LogP contribution in [-0.2, 0) is 4.79 Å². The number of amidine groups is 1. The van der Waals surface area contributed by atoms with E-state index in [9.17, 15) is 4.79 Å². The number of carbonyl (C=O) groups excluding carboxylic acids is 1. The Kier molecular flexibility index (Phi) is 1.50. The Morgan fingerprint density at radius 2 is 2.62 bits per heavy atom. The zero-order chi connectivity index (χ0) is 5.98. The van der Waals surface area contributed by atoms with E-state index >= 15 is 0 Å². The van der Waals surface area contributed by atoms with Crippen LogP contribution in [0.5, 0.6) is 0 Å². The van der Waals surface area contributed by atoms with Crippen LogP contribution in [0.15, 0.2) is 4.99 Å². The molecule has 0 fully saturated rings. The molecule has 4 nitrogen and oxygen atoms in total. The van der Waals surface area contributed by atoms with Crippen molar-refractivity contribution in [3.05, 3.63) is 0 Å². The molecule has 1 rings (SSSR count). The number of rotatable bonds is 0. The molecule has 1 aliphatic heterocycles. The van der Waals surface area contributed by atoms with Crippen molar-refractivity contribution in [2.75, 3.05) is 6.54 Å². The van der Waals surface area contributed by atoms with Gasteiger partial charge in [0.1, 0.15) is 6.54 Å². The predicted molar refractivity (Wildman–Crippen MR) is 32.2 cm³/mol. The number of hydrazine groups is 1. The number of carbonyl (C=O) groups is 1. The molecule has 0 amide bonds. The monoisotopic (exact) mass is 131 g/mol. The first kappa shape index (κ1) is 5.58. The lowest BCUT2D eigenvalue weighted by Gasteiger charge is -1.89. The minimum Gasteiger partial charge on any atom is -0.303 e. The van der Waals surface area contributed by atoms with Gasteiger partial charge in [0.2, 0.25) is 5.12 Å². The number of hydrogen-bond donors (Lipinski definition) is 2. The lowest BCUT2D eigenvalue weighted by molar-refractivity contribution is -0.109. The first-order valence-electron chi connectivity index (χ1n) is 2.04. The van der Waals surface area contributed by atoms with E-state index in [0.717, 1.165) is 11.8 Å². The molecular formula is C3H5N3OS. The molecule has 1 aliphatic rings. The van der Waals surface area contributed by atoms with Crippen LogP contribution >= 0.6 is 11.8 Å². The van der Waals surface area contributed by atoms with Crippen LogP contribution in [0.4, 0.5) is 0 Å². The molecule has 0 atom stereocenters. The van der Waals surface area contributed by atoms with Gasteiger partial charge in [-0.2, -0.15) is 0 Å². The van der Waals surface area contributed by atoms with Gasteiger partial charge in [-0.25, -0.2) is 5.84 Å². The van der Waals surface area contributed by atoms with Crippen LogP contribution in [0.3, 0.4) is 0 Å². The van der Waals surface area contributed by atoms with Crippen molar-refractivity contribution in [2.45, 2.75) is 0 Å². The summed E-state index contributed by atoms with van der Waals surface area (Å²) in [6, 6.07) is 0. The summed E-state index contributed by atoms with van der Waals surface area (Å²) in [6.45, 7) is 0.254. The number of thioether (sulfide) groups is 1. The first-order chi connectivity index (χ1) is 3.83. The van der Waals surface area contributed by atoms with Gasteiger partial charge >= 0.3 is 0 Å². The maximum Gasteiger partial charge on any atom is 0.218 e. The Morgan fingerprint density at radius 1 is 1.88 bits per heavy atom. The normalized spacial score (nSPS) is 18.6. The highest BCUT2D eigenvalue weighted by atomic mass is 32.2. The summed E-state index contributed by atoms with van der Waals surface area (Å²) in [4.78, 5) is 14.1. The quantitative estimate of drug-likeness (QED) is 0.329. The molecule has 0 aromatic rings. The lowest BCUT2D eigenvalue weighted by Crippen LogP contribution is -2.26. The van der Waals surface area contributed by atoms with E-state index in [1.807, 2.05) is 0 Å². The van der Waals surface area contributed by atoms with E-state index < -0.39 is 0 Å². The highest BCUT2D eigenvalue weighted by Crippen LogP contribution is 2.09. The van der Waals surface area contributed by atoms with E-state index in [1.165, 1.54) is 0 Å². The topological polar surface area (TPSA) is 67.5 Å². The summed E-state index contributed by atoms with van der Waals surface area (Å²) in [6.07, 6.45) is 0. The van der Waals surface area contributed by atoms with E-state index in [2.05, 4.69) is 10.4 Å². The molecule has 0 bridgehead atoms. The van der Waals surface area contributed by atoms with Gasteiger partial charge in [-0.05, 0) is 11.8 Å². The molecule has 1 heterocycles. The van der Waals surface area contributed by atoms with E-state index in [-0.39, 0.29) is 11.7 Å². The summed E-state index contributed by atoms with van der Waals surface area (Å²) in [5.74, 6) is 4.94. The zero-order valence-corrected chi connectivity index (χ0v) is 4.86. The third-order valence-electron chi connectivity index (χ3n) is 0.686. The average Bonchev–Trinajstić information content (AvgIpc) is 2.14. The second-order valence-electron chi connectivity index (χ2n) is 1.24. The largest absolute Gasteiger partial charge is 0.303 e. The van der Waals surface area contributed by atoms with Gasteiger partial charge in [0.15, 0.2) is 5.17 Å². The fourth-order valence-corrected chi connectivity index (χ4v) is 0.917. The maximum atomic E-state index is 10.4. The average molecular weight is 131 g/mol. The third kappa shape index (κ3) is 0.988. The smallest absolute Gasteiger partial charge is 0.218 e. The number of nitrogens with two attached hydrogens (primary N) is 1. The Labute approximate surface area is 50.5 Å². The van der Waals surface area contributed by atoms with E-state index in [1.54, 1.807) is 0 Å². The fourth-order valence-electron chi connectivity index (χ4n) is 0.384. The molecule has 0 spiro atoms. The molecule has 0 saturated carbocycles. The number of nitrogens with one attached hydrogen (secondary N) is 1. The SMILES string of the molecule is NNC1=NCC(=O)S1. The summed E-state index contributed by atoms with van der Waals surface area (Å²) < 4.78 is 0. The predicted octanol–water partition coefficient (Wildman–Crippen LogP) is -0.921. The van der Waals surface area contributed by atoms with Crippen molar-refractivity contribution < 1.29 is 4.79 Å². The Bertz CT molecular complexity index is 143. The molecule has 0 unspecified atom stereocenters. The van der Waals surface area contributed by atoms with Crippen LogP contribution in [0, 0.1) is 0 Å². The summed E-state index contributed by atoms with van der Waals surface area (Å²) in [7, 11) is 0. The fraction of sp³-hybridized carbons (Fsp3) is 0.333. The molecule has 44 valence electrons. The van der Waals surface area contributed by atoms with Crippen molar-refractivity contribution >= 4 is 22.0 Å². The highest BCUT2D eigenvalue weighted by Gasteiger charge is 2.13. The van der Waals surface area contributed by atoms with Crippen LogP contribution in [0.25, 0.3) is 0 Å². The van der Waals surface area contributed by atoms with E-state index in [4.69, 9.17) is 5.84 Å². The molecule has 8 heavy (non-hydrogen) atoms. The molecule has 0 aromatic heterocycles. The van der Waals surface area contributed by atoms with Gasteiger partial charge in [-0.3, -0.25) is 9.79 Å². The minimum absolute atomic E-state index is 0.0398. The Balaban J connectivity index is 2.49. The van der Waals surface area contributed by atoms with Gasteiger partial charge in [-0.1, -0.05) is 0 Å². The van der Waals surface area contributed by atoms with Crippen LogP contribution < -0.4 is 11.3 Å². The number of hydrogen-bond acceptors (Lipinski definition) is 5.